The number of oxazole rings is 1. The molecule has 1 amide bonds. The van der Waals surface area contributed by atoms with Crippen LogP contribution in [0, 0.1) is 0 Å². The Labute approximate surface area is 104 Å². The van der Waals surface area contributed by atoms with Crippen LogP contribution in [0.25, 0.3) is 0 Å². The van der Waals surface area contributed by atoms with Gasteiger partial charge in [-0.25, -0.2) is 4.98 Å². The minimum Gasteiger partial charge on any atom is -0.505 e. The average molecular weight is 247 g/mol. The van der Waals surface area contributed by atoms with Gasteiger partial charge in [0.1, 0.15) is 11.5 Å². The summed E-state index contributed by atoms with van der Waals surface area (Å²) in [6, 6.07) is 1.44. The van der Waals surface area contributed by atoms with Gasteiger partial charge in [-0.1, -0.05) is 6.92 Å². The zero-order valence-electron chi connectivity index (χ0n) is 9.88. The van der Waals surface area contributed by atoms with Crippen molar-refractivity contribution >= 4 is 5.91 Å². The van der Waals surface area contributed by atoms with Gasteiger partial charge in [0.25, 0.3) is 5.91 Å². The third-order valence-electron chi connectivity index (χ3n) is 2.39. The van der Waals surface area contributed by atoms with Crippen LogP contribution < -0.4 is 5.32 Å². The molecule has 0 unspecified atom stereocenters. The Kier molecular flexibility index (Phi) is 3.57. The molecular weight excluding hydrogens is 234 g/mol. The van der Waals surface area contributed by atoms with Gasteiger partial charge in [-0.2, -0.15) is 0 Å². The van der Waals surface area contributed by atoms with E-state index < -0.39 is 5.91 Å². The molecule has 0 atom stereocenters. The zero-order chi connectivity index (χ0) is 13.0. The van der Waals surface area contributed by atoms with Gasteiger partial charge in [0.2, 0.25) is 5.89 Å². The number of nitrogens with zero attached hydrogens (tertiary/aromatic N) is 2. The monoisotopic (exact) mass is 247 g/mol. The second-order valence-corrected chi connectivity index (χ2v) is 3.65. The van der Waals surface area contributed by atoms with Crippen LogP contribution in [0.4, 0.5) is 0 Å². The van der Waals surface area contributed by atoms with Crippen molar-refractivity contribution in [3.8, 4) is 5.75 Å². The molecule has 0 aliphatic heterocycles. The number of amides is 1. The fraction of sp³-hybridized carbons (Fsp3) is 0.250. The minimum absolute atomic E-state index is 0.156. The van der Waals surface area contributed by atoms with Gasteiger partial charge in [0, 0.05) is 12.6 Å². The number of hydrogen-bond acceptors (Lipinski definition) is 5. The number of nitrogens with one attached hydrogen (secondary N) is 1. The lowest BCUT2D eigenvalue weighted by atomic mass is 10.2. The highest BCUT2D eigenvalue weighted by atomic mass is 16.4. The van der Waals surface area contributed by atoms with Crippen LogP contribution in [0.5, 0.6) is 5.75 Å². The third-order valence-corrected chi connectivity index (χ3v) is 2.39. The Hall–Kier alpha value is -2.37. The van der Waals surface area contributed by atoms with Crippen LogP contribution in [0.15, 0.2) is 29.1 Å². The first-order valence-electron chi connectivity index (χ1n) is 5.55. The minimum atomic E-state index is -0.397. The summed E-state index contributed by atoms with van der Waals surface area (Å²) in [4.78, 5) is 19.5. The van der Waals surface area contributed by atoms with Crippen LogP contribution in [-0.2, 0) is 13.0 Å². The molecule has 0 fully saturated rings. The summed E-state index contributed by atoms with van der Waals surface area (Å²) in [7, 11) is 0. The second-order valence-electron chi connectivity index (χ2n) is 3.65. The molecule has 6 heteroatoms. The lowest BCUT2D eigenvalue weighted by Gasteiger charge is -2.03. The lowest BCUT2D eigenvalue weighted by molar-refractivity contribution is 0.0944. The first-order chi connectivity index (χ1) is 8.70. The van der Waals surface area contributed by atoms with Crippen LogP contribution in [-0.4, -0.2) is 21.0 Å². The summed E-state index contributed by atoms with van der Waals surface area (Å²) in [5.74, 6) is 0.655. The quantitative estimate of drug-likeness (QED) is 0.849. The highest BCUT2D eigenvalue weighted by Gasteiger charge is 2.11. The van der Waals surface area contributed by atoms with Crippen LogP contribution in [0.2, 0.25) is 0 Å². The van der Waals surface area contributed by atoms with Crippen molar-refractivity contribution in [1.29, 1.82) is 0 Å². The molecule has 0 bridgehead atoms. The summed E-state index contributed by atoms with van der Waals surface area (Å²) < 4.78 is 5.35. The van der Waals surface area contributed by atoms with E-state index in [9.17, 15) is 9.90 Å². The predicted molar refractivity (Wildman–Crippen MR) is 63.0 cm³/mol. The highest BCUT2D eigenvalue weighted by molar-refractivity contribution is 5.96. The van der Waals surface area contributed by atoms with Gasteiger partial charge >= 0.3 is 0 Å². The molecule has 2 N–H and O–H groups in total. The van der Waals surface area contributed by atoms with E-state index in [-0.39, 0.29) is 17.9 Å². The first kappa shape index (κ1) is 12.1. The molecule has 0 aliphatic carbocycles. The number of carbonyl (C=O) groups is 1. The molecule has 0 saturated heterocycles. The maximum Gasteiger partial charge on any atom is 0.255 e. The van der Waals surface area contributed by atoms with E-state index >= 15 is 0 Å². The van der Waals surface area contributed by atoms with E-state index in [0.29, 0.717) is 5.89 Å². The summed E-state index contributed by atoms with van der Waals surface area (Å²) in [6.07, 6.45) is 5.04. The molecule has 2 aromatic rings. The largest absolute Gasteiger partial charge is 0.505 e. The zero-order valence-corrected chi connectivity index (χ0v) is 9.88. The summed E-state index contributed by atoms with van der Waals surface area (Å²) in [6.45, 7) is 2.14. The molecule has 6 nitrogen and oxygen atoms in total. The number of aryl methyl sites for hydroxylation is 1. The Bertz CT molecular complexity index is 551. The van der Waals surface area contributed by atoms with Gasteiger partial charge in [-0.15, -0.1) is 0 Å². The standard InChI is InChI=1S/C12H13N3O3/c1-2-8-5-14-11(18-8)7-15-12(17)9-3-4-13-6-10(9)16/h3-6,16H,2,7H2,1H3,(H,15,17). The van der Waals surface area contributed by atoms with Crippen molar-refractivity contribution in [2.24, 2.45) is 0 Å². The van der Waals surface area contributed by atoms with E-state index in [0.717, 1.165) is 12.2 Å². The average Bonchev–Trinajstić information content (AvgIpc) is 2.84. The van der Waals surface area contributed by atoms with Crippen molar-refractivity contribution in [2.75, 3.05) is 0 Å². The summed E-state index contributed by atoms with van der Waals surface area (Å²) in [5, 5.41) is 12.1. The molecule has 0 radical (unpaired) electrons. The third kappa shape index (κ3) is 2.65. The van der Waals surface area contributed by atoms with Gasteiger partial charge in [0.15, 0.2) is 0 Å². The van der Waals surface area contributed by atoms with Crippen molar-refractivity contribution in [3.63, 3.8) is 0 Å². The van der Waals surface area contributed by atoms with E-state index in [4.69, 9.17) is 4.42 Å². The Morgan fingerprint density at radius 3 is 3.00 bits per heavy atom. The maximum absolute atomic E-state index is 11.7. The summed E-state index contributed by atoms with van der Waals surface area (Å²) in [5.41, 5.74) is 0.173. The van der Waals surface area contributed by atoms with E-state index in [2.05, 4.69) is 15.3 Å². The predicted octanol–water partition coefficient (Wildman–Crippen LogP) is 1.27. The molecular formula is C12H13N3O3. The maximum atomic E-state index is 11.7. The van der Waals surface area contributed by atoms with Crippen molar-refractivity contribution in [3.05, 3.63) is 41.9 Å². The van der Waals surface area contributed by atoms with Gasteiger partial charge in [-0.3, -0.25) is 9.78 Å². The number of aromatic hydroxyl groups is 1. The number of rotatable bonds is 4. The number of aromatic nitrogens is 2. The first-order valence-corrected chi connectivity index (χ1v) is 5.55. The summed E-state index contributed by atoms with van der Waals surface area (Å²) >= 11 is 0. The topological polar surface area (TPSA) is 88.2 Å². The fourth-order valence-electron chi connectivity index (χ4n) is 1.42. The van der Waals surface area contributed by atoms with Crippen LogP contribution in [0.3, 0.4) is 0 Å². The molecule has 18 heavy (non-hydrogen) atoms. The smallest absolute Gasteiger partial charge is 0.255 e. The molecule has 2 rings (SSSR count). The van der Waals surface area contributed by atoms with Gasteiger partial charge < -0.3 is 14.8 Å². The highest BCUT2D eigenvalue weighted by Crippen LogP contribution is 2.13. The normalized spacial score (nSPS) is 10.3. The van der Waals surface area contributed by atoms with Crippen molar-refractivity contribution in [1.82, 2.24) is 15.3 Å². The van der Waals surface area contributed by atoms with Crippen LogP contribution >= 0.6 is 0 Å². The van der Waals surface area contributed by atoms with E-state index in [1.54, 1.807) is 6.20 Å². The molecule has 2 aromatic heterocycles. The number of pyridine rings is 1. The number of hydrogen-bond donors (Lipinski definition) is 2. The van der Waals surface area contributed by atoms with Crippen molar-refractivity contribution in [2.45, 2.75) is 19.9 Å². The Morgan fingerprint density at radius 2 is 2.33 bits per heavy atom. The second kappa shape index (κ2) is 5.31. The van der Waals surface area contributed by atoms with Crippen LogP contribution in [0.1, 0.15) is 28.9 Å². The van der Waals surface area contributed by atoms with E-state index in [1.807, 2.05) is 6.92 Å². The lowest BCUT2D eigenvalue weighted by Crippen LogP contribution is -2.23. The molecule has 94 valence electrons. The molecule has 0 aromatic carbocycles. The van der Waals surface area contributed by atoms with Gasteiger partial charge in [0.05, 0.1) is 24.5 Å². The molecule has 2 heterocycles. The molecule has 0 saturated carbocycles. The van der Waals surface area contributed by atoms with Gasteiger partial charge in [-0.05, 0) is 6.07 Å². The Balaban J connectivity index is 1.98. The SMILES string of the molecule is CCc1cnc(CNC(=O)c2ccncc2O)o1. The fourth-order valence-corrected chi connectivity index (χ4v) is 1.42. The number of carbonyl (C=O) groups excluding carboxylic acids is 1. The van der Waals surface area contributed by atoms with E-state index in [1.165, 1.54) is 18.5 Å². The molecule has 0 spiro atoms. The molecule has 0 aliphatic rings. The van der Waals surface area contributed by atoms with Crippen molar-refractivity contribution < 1.29 is 14.3 Å². The Morgan fingerprint density at radius 1 is 1.50 bits per heavy atom.